The maximum Gasteiger partial charge on any atom is 0.310 e. The van der Waals surface area contributed by atoms with Gasteiger partial charge in [0.2, 0.25) is 0 Å². The Morgan fingerprint density at radius 1 is 1.23 bits per heavy atom. The molecule has 2 fully saturated rings. The lowest BCUT2D eigenvalue weighted by Crippen LogP contribution is -2.42. The van der Waals surface area contributed by atoms with Crippen LogP contribution in [-0.4, -0.2) is 50.6 Å². The van der Waals surface area contributed by atoms with E-state index in [0.717, 1.165) is 30.9 Å². The lowest BCUT2D eigenvalue weighted by molar-refractivity contribution is -0.145. The number of likely N-dealkylation sites (tertiary alicyclic amines) is 1. The van der Waals surface area contributed by atoms with Gasteiger partial charge in [0, 0.05) is 26.7 Å². The molecule has 126 valence electrons. The summed E-state index contributed by atoms with van der Waals surface area (Å²) in [6.07, 6.45) is 5.31. The highest BCUT2D eigenvalue weighted by atomic mass is 16.5. The highest BCUT2D eigenvalue weighted by Gasteiger charge is 2.37. The van der Waals surface area contributed by atoms with Gasteiger partial charge in [-0.15, -0.1) is 0 Å². The van der Waals surface area contributed by atoms with E-state index in [-0.39, 0.29) is 11.9 Å². The monoisotopic (exact) mass is 309 g/mol. The number of aliphatic imine (C=N–C) groups is 1. The van der Waals surface area contributed by atoms with E-state index < -0.39 is 0 Å². The topological polar surface area (TPSA) is 53.9 Å². The van der Waals surface area contributed by atoms with E-state index in [4.69, 9.17) is 4.74 Å². The highest BCUT2D eigenvalue weighted by Crippen LogP contribution is 2.28. The molecule has 22 heavy (non-hydrogen) atoms. The molecule has 1 heterocycles. The zero-order chi connectivity index (χ0) is 16.1. The molecule has 0 spiro atoms. The largest absolute Gasteiger partial charge is 0.469 e. The SMILES string of the molecule is CN=C(NCC1CCC(C)CC1)N1CC(C)C(C(=O)OC)C1. The summed E-state index contributed by atoms with van der Waals surface area (Å²) in [4.78, 5) is 18.4. The summed E-state index contributed by atoms with van der Waals surface area (Å²) in [6, 6.07) is 0. The molecular weight excluding hydrogens is 278 g/mol. The quantitative estimate of drug-likeness (QED) is 0.493. The maximum atomic E-state index is 11.8. The van der Waals surface area contributed by atoms with Gasteiger partial charge in [-0.2, -0.15) is 0 Å². The van der Waals surface area contributed by atoms with Crippen LogP contribution in [0.15, 0.2) is 4.99 Å². The molecule has 1 aliphatic carbocycles. The Hall–Kier alpha value is -1.26. The van der Waals surface area contributed by atoms with Gasteiger partial charge in [0.05, 0.1) is 13.0 Å². The van der Waals surface area contributed by atoms with Crippen LogP contribution in [0.5, 0.6) is 0 Å². The summed E-state index contributed by atoms with van der Waals surface area (Å²) < 4.78 is 4.91. The number of nitrogens with one attached hydrogen (secondary N) is 1. The lowest BCUT2D eigenvalue weighted by Gasteiger charge is -2.28. The van der Waals surface area contributed by atoms with Gasteiger partial charge in [-0.25, -0.2) is 0 Å². The first-order valence-electron chi connectivity index (χ1n) is 8.58. The van der Waals surface area contributed by atoms with Gasteiger partial charge in [0.1, 0.15) is 0 Å². The Balaban J connectivity index is 1.83. The second-order valence-corrected chi connectivity index (χ2v) is 7.07. The second-order valence-electron chi connectivity index (χ2n) is 7.07. The zero-order valence-corrected chi connectivity index (χ0v) is 14.5. The van der Waals surface area contributed by atoms with Crippen LogP contribution in [0.3, 0.4) is 0 Å². The van der Waals surface area contributed by atoms with Crippen molar-refractivity contribution in [3.63, 3.8) is 0 Å². The number of rotatable bonds is 3. The Bertz CT molecular complexity index is 403. The van der Waals surface area contributed by atoms with Crippen molar-refractivity contribution in [2.45, 2.75) is 39.5 Å². The number of carbonyl (C=O) groups excluding carboxylic acids is 1. The number of hydrogen-bond donors (Lipinski definition) is 1. The van der Waals surface area contributed by atoms with Gasteiger partial charge in [0.25, 0.3) is 0 Å². The lowest BCUT2D eigenvalue weighted by atomic mass is 9.83. The Morgan fingerprint density at radius 3 is 2.50 bits per heavy atom. The van der Waals surface area contributed by atoms with Gasteiger partial charge in [-0.05, 0) is 30.6 Å². The van der Waals surface area contributed by atoms with Crippen molar-refractivity contribution in [3.8, 4) is 0 Å². The molecule has 5 heteroatoms. The molecule has 0 aromatic heterocycles. The summed E-state index contributed by atoms with van der Waals surface area (Å²) in [5.41, 5.74) is 0. The molecule has 1 N–H and O–H groups in total. The molecule has 2 rings (SSSR count). The Labute approximate surface area is 134 Å². The maximum absolute atomic E-state index is 11.8. The third-order valence-corrected chi connectivity index (χ3v) is 5.31. The number of esters is 1. The molecule has 0 bridgehead atoms. The average molecular weight is 309 g/mol. The van der Waals surface area contributed by atoms with E-state index in [2.05, 4.69) is 29.1 Å². The number of hydrogen-bond acceptors (Lipinski definition) is 3. The van der Waals surface area contributed by atoms with E-state index in [1.165, 1.54) is 32.8 Å². The molecule has 5 nitrogen and oxygen atoms in total. The minimum absolute atomic E-state index is 0.0425. The predicted molar refractivity (Wildman–Crippen MR) is 88.7 cm³/mol. The van der Waals surface area contributed by atoms with Crippen LogP contribution in [0.4, 0.5) is 0 Å². The van der Waals surface area contributed by atoms with Gasteiger partial charge in [-0.3, -0.25) is 9.79 Å². The summed E-state index contributed by atoms with van der Waals surface area (Å²) >= 11 is 0. The number of methoxy groups -OCH3 is 1. The van der Waals surface area contributed by atoms with Crippen molar-refractivity contribution in [3.05, 3.63) is 0 Å². The van der Waals surface area contributed by atoms with Crippen molar-refractivity contribution in [2.24, 2.45) is 28.7 Å². The molecule has 0 aromatic rings. The fraction of sp³-hybridized carbons (Fsp3) is 0.882. The Kier molecular flexibility index (Phi) is 6.09. The van der Waals surface area contributed by atoms with Crippen molar-refractivity contribution >= 4 is 11.9 Å². The van der Waals surface area contributed by atoms with Gasteiger partial charge in [-0.1, -0.05) is 26.7 Å². The molecule has 0 amide bonds. The second kappa shape index (κ2) is 7.84. The fourth-order valence-corrected chi connectivity index (χ4v) is 3.70. The number of nitrogens with zero attached hydrogens (tertiary/aromatic N) is 2. The first-order valence-corrected chi connectivity index (χ1v) is 8.58. The molecule has 2 aliphatic rings. The van der Waals surface area contributed by atoms with Crippen LogP contribution in [0, 0.1) is 23.7 Å². The Morgan fingerprint density at radius 2 is 1.91 bits per heavy atom. The van der Waals surface area contributed by atoms with Gasteiger partial charge >= 0.3 is 5.97 Å². The van der Waals surface area contributed by atoms with E-state index in [1.54, 1.807) is 0 Å². The smallest absolute Gasteiger partial charge is 0.310 e. The average Bonchev–Trinajstić information content (AvgIpc) is 2.91. The summed E-state index contributed by atoms with van der Waals surface area (Å²) in [5.74, 6) is 2.73. The van der Waals surface area contributed by atoms with E-state index >= 15 is 0 Å². The summed E-state index contributed by atoms with van der Waals surface area (Å²) in [6.45, 7) is 7.02. The number of guanidine groups is 1. The third-order valence-electron chi connectivity index (χ3n) is 5.31. The summed E-state index contributed by atoms with van der Waals surface area (Å²) in [7, 11) is 3.29. The molecule has 0 aromatic carbocycles. The van der Waals surface area contributed by atoms with Crippen LogP contribution in [0.25, 0.3) is 0 Å². The molecule has 1 saturated carbocycles. The van der Waals surface area contributed by atoms with Crippen molar-refractivity contribution in [1.29, 1.82) is 0 Å². The normalized spacial score (nSPS) is 32.9. The van der Waals surface area contributed by atoms with Crippen LogP contribution in [0.2, 0.25) is 0 Å². The van der Waals surface area contributed by atoms with Crippen molar-refractivity contribution in [2.75, 3.05) is 33.8 Å². The third kappa shape index (κ3) is 4.14. The van der Waals surface area contributed by atoms with Crippen LogP contribution in [0.1, 0.15) is 39.5 Å². The van der Waals surface area contributed by atoms with Crippen LogP contribution < -0.4 is 5.32 Å². The molecular formula is C17H31N3O2. The van der Waals surface area contributed by atoms with Crippen molar-refractivity contribution < 1.29 is 9.53 Å². The molecule has 2 atom stereocenters. The molecule has 0 radical (unpaired) electrons. The zero-order valence-electron chi connectivity index (χ0n) is 14.5. The molecule has 1 saturated heterocycles. The van der Waals surface area contributed by atoms with Crippen molar-refractivity contribution in [1.82, 2.24) is 10.2 Å². The van der Waals surface area contributed by atoms with E-state index in [0.29, 0.717) is 12.5 Å². The molecule has 2 unspecified atom stereocenters. The predicted octanol–water partition coefficient (Wildman–Crippen LogP) is 2.13. The molecule has 1 aliphatic heterocycles. The minimum atomic E-state index is -0.105. The standard InChI is InChI=1S/C17H31N3O2/c1-12-5-7-14(8-6-12)9-19-17(18-3)20-10-13(2)15(11-20)16(21)22-4/h12-15H,5-11H2,1-4H3,(H,18,19). The minimum Gasteiger partial charge on any atom is -0.469 e. The number of carbonyl (C=O) groups is 1. The van der Waals surface area contributed by atoms with E-state index in [1.807, 2.05) is 7.05 Å². The van der Waals surface area contributed by atoms with Gasteiger partial charge < -0.3 is 15.0 Å². The highest BCUT2D eigenvalue weighted by molar-refractivity contribution is 5.82. The van der Waals surface area contributed by atoms with Crippen LogP contribution in [-0.2, 0) is 9.53 Å². The summed E-state index contributed by atoms with van der Waals surface area (Å²) in [5, 5.41) is 3.52. The fourth-order valence-electron chi connectivity index (χ4n) is 3.70. The first kappa shape index (κ1) is 17.1. The number of ether oxygens (including phenoxy) is 1. The van der Waals surface area contributed by atoms with Gasteiger partial charge in [0.15, 0.2) is 5.96 Å². The first-order chi connectivity index (χ1) is 10.5. The van der Waals surface area contributed by atoms with E-state index in [9.17, 15) is 4.79 Å². The van der Waals surface area contributed by atoms with Crippen LogP contribution >= 0.6 is 0 Å².